The van der Waals surface area contributed by atoms with E-state index in [1.54, 1.807) is 0 Å². The molecule has 0 spiro atoms. The lowest BCUT2D eigenvalue weighted by Gasteiger charge is -2.29. The smallest absolute Gasteiger partial charge is 0.407 e. The van der Waals surface area contributed by atoms with E-state index in [1.807, 2.05) is 31.6 Å². The summed E-state index contributed by atoms with van der Waals surface area (Å²) < 4.78 is 13.2. The minimum absolute atomic E-state index is 0.0434. The van der Waals surface area contributed by atoms with Gasteiger partial charge in [-0.05, 0) is 52.4 Å². The first-order valence-electron chi connectivity index (χ1n) is 8.81. The number of nitrogens with zero attached hydrogens (tertiary/aromatic N) is 2. The van der Waals surface area contributed by atoms with Crippen LogP contribution in [0.5, 0.6) is 0 Å². The Kier molecular flexibility index (Phi) is 4.99. The highest BCUT2D eigenvalue weighted by Crippen LogP contribution is 2.30. The van der Waals surface area contributed by atoms with Crippen LogP contribution in [0.15, 0.2) is 6.20 Å². The molecule has 0 saturated carbocycles. The molecule has 134 valence electrons. The van der Waals surface area contributed by atoms with Crippen LogP contribution in [-0.4, -0.2) is 41.2 Å². The van der Waals surface area contributed by atoms with Gasteiger partial charge >= 0.3 is 6.09 Å². The zero-order valence-electron chi connectivity index (χ0n) is 14.8. The van der Waals surface area contributed by atoms with Crippen LogP contribution in [0.4, 0.5) is 10.5 Å². The molecule has 1 amide bonds. The molecule has 2 aliphatic rings. The third-order valence-corrected chi connectivity index (χ3v) is 4.32. The van der Waals surface area contributed by atoms with Gasteiger partial charge in [-0.3, -0.25) is 0 Å². The van der Waals surface area contributed by atoms with Gasteiger partial charge in [0.25, 0.3) is 0 Å². The molecule has 1 aromatic heterocycles. The maximum absolute atomic E-state index is 11.8. The summed E-state index contributed by atoms with van der Waals surface area (Å²) in [5.74, 6) is 0.309. The summed E-state index contributed by atoms with van der Waals surface area (Å²) in [6, 6.07) is 0. The Balaban J connectivity index is 1.57. The van der Waals surface area contributed by atoms with E-state index in [0.717, 1.165) is 38.1 Å². The molecule has 0 aliphatic carbocycles. The maximum Gasteiger partial charge on any atom is 0.407 e. The zero-order chi connectivity index (χ0) is 17.2. The van der Waals surface area contributed by atoms with Crippen LogP contribution < -0.4 is 10.6 Å². The van der Waals surface area contributed by atoms with Crippen molar-refractivity contribution in [3.05, 3.63) is 11.9 Å². The lowest BCUT2D eigenvalue weighted by Crippen LogP contribution is -2.39. The molecule has 0 bridgehead atoms. The van der Waals surface area contributed by atoms with Crippen molar-refractivity contribution in [2.45, 2.75) is 58.3 Å². The Morgan fingerprint density at radius 2 is 2.33 bits per heavy atom. The summed E-state index contributed by atoms with van der Waals surface area (Å²) in [6.07, 6.45) is 5.74. The Bertz CT molecular complexity index is 573. The summed E-state index contributed by atoms with van der Waals surface area (Å²) in [6.45, 7) is 7.80. The third kappa shape index (κ3) is 4.20. The average molecular weight is 336 g/mol. The van der Waals surface area contributed by atoms with Crippen LogP contribution in [0.3, 0.4) is 0 Å². The number of carbonyl (C=O) groups excluding carboxylic acids is 1. The van der Waals surface area contributed by atoms with E-state index >= 15 is 0 Å². The molecule has 1 saturated heterocycles. The van der Waals surface area contributed by atoms with E-state index in [4.69, 9.17) is 9.47 Å². The maximum atomic E-state index is 11.8. The standard InChI is InChI=1S/C17H28N4O3/c1-17(2,3)24-16(22)19-10-12-8-14-13(18-9-12)11-20-21(14)15-6-4-5-7-23-15/h11-12,15,18H,4-10H2,1-3H3,(H,19,22). The molecular formula is C17H28N4O3. The molecule has 1 fully saturated rings. The minimum atomic E-state index is -0.473. The van der Waals surface area contributed by atoms with Gasteiger partial charge in [-0.1, -0.05) is 0 Å². The highest BCUT2D eigenvalue weighted by molar-refractivity contribution is 5.67. The van der Waals surface area contributed by atoms with Crippen molar-refractivity contribution >= 4 is 11.8 Å². The summed E-state index contributed by atoms with van der Waals surface area (Å²) >= 11 is 0. The lowest BCUT2D eigenvalue weighted by molar-refractivity contribution is -0.0413. The van der Waals surface area contributed by atoms with Gasteiger partial charge in [-0.2, -0.15) is 5.10 Å². The summed E-state index contributed by atoms with van der Waals surface area (Å²) in [7, 11) is 0. The molecule has 2 atom stereocenters. The Morgan fingerprint density at radius 3 is 3.04 bits per heavy atom. The normalized spacial score (nSPS) is 24.0. The highest BCUT2D eigenvalue weighted by Gasteiger charge is 2.27. The molecule has 3 heterocycles. The van der Waals surface area contributed by atoms with Crippen molar-refractivity contribution in [2.75, 3.05) is 25.0 Å². The number of nitrogens with one attached hydrogen (secondary N) is 2. The van der Waals surface area contributed by atoms with Gasteiger partial charge in [0.15, 0.2) is 6.23 Å². The molecule has 0 radical (unpaired) electrons. The second kappa shape index (κ2) is 7.01. The van der Waals surface area contributed by atoms with E-state index in [0.29, 0.717) is 12.5 Å². The monoisotopic (exact) mass is 336 g/mol. The SMILES string of the molecule is CC(C)(C)OC(=O)NCC1CNc2cnn(C3CCCCO3)c2C1. The van der Waals surface area contributed by atoms with Gasteiger partial charge in [0.1, 0.15) is 5.60 Å². The van der Waals surface area contributed by atoms with Crippen LogP contribution >= 0.6 is 0 Å². The van der Waals surface area contributed by atoms with Crippen molar-refractivity contribution < 1.29 is 14.3 Å². The van der Waals surface area contributed by atoms with Crippen molar-refractivity contribution in [3.63, 3.8) is 0 Å². The van der Waals surface area contributed by atoms with Gasteiger partial charge in [0, 0.05) is 19.7 Å². The number of amides is 1. The Hall–Kier alpha value is -1.76. The fourth-order valence-corrected chi connectivity index (χ4v) is 3.19. The fourth-order valence-electron chi connectivity index (χ4n) is 3.19. The molecule has 24 heavy (non-hydrogen) atoms. The van der Waals surface area contributed by atoms with Gasteiger partial charge in [0.2, 0.25) is 0 Å². The third-order valence-electron chi connectivity index (χ3n) is 4.32. The van der Waals surface area contributed by atoms with Crippen LogP contribution in [0.2, 0.25) is 0 Å². The first-order chi connectivity index (χ1) is 11.4. The quantitative estimate of drug-likeness (QED) is 0.887. The summed E-state index contributed by atoms with van der Waals surface area (Å²) in [5.41, 5.74) is 1.78. The minimum Gasteiger partial charge on any atom is -0.444 e. The fraction of sp³-hybridized carbons (Fsp3) is 0.765. The van der Waals surface area contributed by atoms with Crippen LogP contribution in [0, 0.1) is 5.92 Å². The Labute approximate surface area is 143 Å². The molecular weight excluding hydrogens is 308 g/mol. The predicted octanol–water partition coefficient (Wildman–Crippen LogP) is 2.69. The number of aromatic nitrogens is 2. The topological polar surface area (TPSA) is 77.4 Å². The van der Waals surface area contributed by atoms with E-state index in [9.17, 15) is 4.79 Å². The first-order valence-corrected chi connectivity index (χ1v) is 8.81. The number of anilines is 1. The largest absolute Gasteiger partial charge is 0.444 e. The van der Waals surface area contributed by atoms with Crippen LogP contribution in [0.25, 0.3) is 0 Å². The van der Waals surface area contributed by atoms with Crippen molar-refractivity contribution in [1.82, 2.24) is 15.1 Å². The Morgan fingerprint density at radius 1 is 1.50 bits per heavy atom. The van der Waals surface area contributed by atoms with E-state index in [-0.39, 0.29) is 12.3 Å². The van der Waals surface area contributed by atoms with Crippen LogP contribution in [-0.2, 0) is 15.9 Å². The number of alkyl carbamates (subject to hydrolysis) is 1. The number of rotatable bonds is 3. The van der Waals surface area contributed by atoms with E-state index in [1.165, 1.54) is 12.1 Å². The zero-order valence-corrected chi connectivity index (χ0v) is 14.8. The first kappa shape index (κ1) is 17.1. The molecule has 2 unspecified atom stereocenters. The summed E-state index contributed by atoms with van der Waals surface area (Å²) in [4.78, 5) is 11.8. The van der Waals surface area contributed by atoms with Gasteiger partial charge in [-0.25, -0.2) is 9.48 Å². The molecule has 0 aromatic carbocycles. The van der Waals surface area contributed by atoms with Gasteiger partial charge in [-0.15, -0.1) is 0 Å². The molecule has 2 aliphatic heterocycles. The lowest BCUT2D eigenvalue weighted by atomic mass is 9.98. The number of fused-ring (bicyclic) bond motifs is 1. The molecule has 2 N–H and O–H groups in total. The average Bonchev–Trinajstić information content (AvgIpc) is 2.95. The van der Waals surface area contributed by atoms with E-state index < -0.39 is 5.60 Å². The molecule has 7 nitrogen and oxygen atoms in total. The van der Waals surface area contributed by atoms with E-state index in [2.05, 4.69) is 15.7 Å². The number of ether oxygens (including phenoxy) is 2. The second-order valence-corrected chi connectivity index (χ2v) is 7.60. The van der Waals surface area contributed by atoms with Crippen molar-refractivity contribution in [1.29, 1.82) is 0 Å². The molecule has 7 heteroatoms. The van der Waals surface area contributed by atoms with Gasteiger partial charge < -0.3 is 20.1 Å². The van der Waals surface area contributed by atoms with Gasteiger partial charge in [0.05, 0.1) is 17.6 Å². The second-order valence-electron chi connectivity index (χ2n) is 7.60. The predicted molar refractivity (Wildman–Crippen MR) is 91.0 cm³/mol. The summed E-state index contributed by atoms with van der Waals surface area (Å²) in [5, 5.41) is 10.8. The van der Waals surface area contributed by atoms with Crippen molar-refractivity contribution in [3.8, 4) is 0 Å². The van der Waals surface area contributed by atoms with Crippen LogP contribution in [0.1, 0.15) is 52.0 Å². The van der Waals surface area contributed by atoms with Crippen molar-refractivity contribution in [2.24, 2.45) is 5.92 Å². The highest BCUT2D eigenvalue weighted by atomic mass is 16.6. The number of hydrogen-bond acceptors (Lipinski definition) is 5. The number of hydrogen-bond donors (Lipinski definition) is 2. The number of carbonyl (C=O) groups is 1. The molecule has 3 rings (SSSR count). The molecule has 1 aromatic rings.